The Bertz CT molecular complexity index is 614. The molecule has 1 heterocycles. The molecular weight excluding hydrogens is 300 g/mol. The van der Waals surface area contributed by atoms with Gasteiger partial charge in [0.2, 0.25) is 0 Å². The Kier molecular flexibility index (Phi) is 5.71. The molecule has 4 nitrogen and oxygen atoms in total. The van der Waals surface area contributed by atoms with Gasteiger partial charge in [0.15, 0.2) is 10.2 Å². The van der Waals surface area contributed by atoms with Crippen molar-refractivity contribution in [3.05, 3.63) is 66.0 Å². The molecule has 2 aromatic rings. The van der Waals surface area contributed by atoms with Crippen LogP contribution in [0.5, 0.6) is 0 Å². The first-order valence-corrected chi connectivity index (χ1v) is 7.76. The summed E-state index contributed by atoms with van der Waals surface area (Å²) in [4.78, 5) is 4.15. The van der Waals surface area contributed by atoms with Crippen LogP contribution >= 0.6 is 24.0 Å². The molecule has 2 N–H and O–H groups in total. The molecule has 6 heteroatoms. The van der Waals surface area contributed by atoms with Crippen LogP contribution < -0.4 is 5.73 Å². The van der Waals surface area contributed by atoms with Crippen molar-refractivity contribution in [2.75, 3.05) is 7.05 Å². The highest BCUT2D eigenvalue weighted by atomic mass is 32.2. The fraction of sp³-hybridized carbons (Fsp3) is 0.133. The first-order valence-electron chi connectivity index (χ1n) is 6.36. The van der Waals surface area contributed by atoms with E-state index in [0.717, 1.165) is 5.75 Å². The van der Waals surface area contributed by atoms with E-state index in [9.17, 15) is 0 Å². The molecule has 0 saturated heterocycles. The zero-order chi connectivity index (χ0) is 15.1. The van der Waals surface area contributed by atoms with Gasteiger partial charge in [-0.2, -0.15) is 5.10 Å². The number of nitrogens with zero attached hydrogens (tertiary/aromatic N) is 3. The van der Waals surface area contributed by atoms with Crippen LogP contribution in [0.15, 0.2) is 59.8 Å². The van der Waals surface area contributed by atoms with Crippen molar-refractivity contribution >= 4 is 34.1 Å². The van der Waals surface area contributed by atoms with Crippen molar-refractivity contribution in [2.45, 2.75) is 5.75 Å². The third-order valence-electron chi connectivity index (χ3n) is 2.65. The predicted molar refractivity (Wildman–Crippen MR) is 93.1 cm³/mol. The van der Waals surface area contributed by atoms with E-state index in [2.05, 4.69) is 22.2 Å². The van der Waals surface area contributed by atoms with Gasteiger partial charge in [0.25, 0.3) is 0 Å². The van der Waals surface area contributed by atoms with Gasteiger partial charge in [0, 0.05) is 19.0 Å². The summed E-state index contributed by atoms with van der Waals surface area (Å²) in [6.07, 6.45) is 1.68. The monoisotopic (exact) mass is 316 g/mol. The Morgan fingerprint density at radius 2 is 1.95 bits per heavy atom. The topological polar surface area (TPSA) is 54.5 Å². The quantitative estimate of drug-likeness (QED) is 0.407. The fourth-order valence-corrected chi connectivity index (χ4v) is 2.51. The molecule has 1 aromatic carbocycles. The van der Waals surface area contributed by atoms with Gasteiger partial charge >= 0.3 is 0 Å². The Labute approximate surface area is 134 Å². The summed E-state index contributed by atoms with van der Waals surface area (Å²) in [7, 11) is 1.79. The van der Waals surface area contributed by atoms with E-state index >= 15 is 0 Å². The number of amidine groups is 1. The molecule has 21 heavy (non-hydrogen) atoms. The summed E-state index contributed by atoms with van der Waals surface area (Å²) in [6, 6.07) is 15.7. The molecule has 0 atom stereocenters. The van der Waals surface area contributed by atoms with Crippen LogP contribution in [0, 0.1) is 0 Å². The first kappa shape index (κ1) is 15.5. The van der Waals surface area contributed by atoms with Gasteiger partial charge in [-0.15, -0.1) is 0 Å². The molecule has 108 valence electrons. The second-order valence-corrected chi connectivity index (χ2v) is 5.87. The van der Waals surface area contributed by atoms with Crippen LogP contribution in [0.3, 0.4) is 0 Å². The second kappa shape index (κ2) is 7.75. The maximum absolute atomic E-state index is 5.92. The fourth-order valence-electron chi connectivity index (χ4n) is 1.58. The molecule has 0 bridgehead atoms. The van der Waals surface area contributed by atoms with E-state index in [1.54, 1.807) is 30.0 Å². The van der Waals surface area contributed by atoms with Crippen molar-refractivity contribution in [1.29, 1.82) is 0 Å². The second-order valence-electron chi connectivity index (χ2n) is 4.26. The number of rotatable bonds is 4. The van der Waals surface area contributed by atoms with Crippen molar-refractivity contribution < 1.29 is 0 Å². The van der Waals surface area contributed by atoms with Crippen LogP contribution in [-0.4, -0.2) is 27.2 Å². The minimum absolute atomic E-state index is 0.348. The average Bonchev–Trinajstić information content (AvgIpc) is 2.54. The maximum atomic E-state index is 5.92. The number of benzene rings is 1. The Hall–Kier alpha value is -1.92. The smallest absolute Gasteiger partial charge is 0.169 e. The van der Waals surface area contributed by atoms with E-state index in [0.29, 0.717) is 15.9 Å². The van der Waals surface area contributed by atoms with Crippen molar-refractivity contribution in [1.82, 2.24) is 9.99 Å². The van der Waals surface area contributed by atoms with Crippen molar-refractivity contribution in [3.63, 3.8) is 0 Å². The van der Waals surface area contributed by atoms with Gasteiger partial charge in [0.05, 0.1) is 0 Å². The van der Waals surface area contributed by atoms with E-state index in [4.69, 9.17) is 18.0 Å². The lowest BCUT2D eigenvalue weighted by Crippen LogP contribution is -2.24. The molecule has 0 fully saturated rings. The summed E-state index contributed by atoms with van der Waals surface area (Å²) in [5, 5.41) is 5.87. The predicted octanol–water partition coefficient (Wildman–Crippen LogP) is 2.85. The number of hydrazone groups is 1. The van der Waals surface area contributed by atoms with E-state index in [1.807, 2.05) is 36.4 Å². The lowest BCUT2D eigenvalue weighted by molar-refractivity contribution is 0.564. The summed E-state index contributed by atoms with van der Waals surface area (Å²) in [5.74, 6) is 1.16. The van der Waals surface area contributed by atoms with Gasteiger partial charge in [0.1, 0.15) is 5.69 Å². The molecule has 0 aliphatic rings. The minimum atomic E-state index is 0.348. The number of nitrogens with two attached hydrogens (primary N) is 1. The molecule has 2 rings (SSSR count). The Balaban J connectivity index is 1.93. The SMILES string of the molecule is CN(/N=C(\N)c1ccccn1)C(=S)SCc1ccccc1. The van der Waals surface area contributed by atoms with Crippen LogP contribution in [0.4, 0.5) is 0 Å². The summed E-state index contributed by atoms with van der Waals surface area (Å²) in [6.45, 7) is 0. The molecule has 0 radical (unpaired) electrons. The molecule has 0 spiro atoms. The summed E-state index contributed by atoms with van der Waals surface area (Å²) in [5.41, 5.74) is 7.78. The minimum Gasteiger partial charge on any atom is -0.380 e. The third-order valence-corrected chi connectivity index (χ3v) is 4.26. The molecule has 0 saturated carbocycles. The molecule has 0 aliphatic heterocycles. The number of pyridine rings is 1. The average molecular weight is 316 g/mol. The molecule has 1 aromatic heterocycles. The highest BCUT2D eigenvalue weighted by Crippen LogP contribution is 2.16. The van der Waals surface area contributed by atoms with Crippen molar-refractivity contribution in [2.24, 2.45) is 10.8 Å². The maximum Gasteiger partial charge on any atom is 0.169 e. The molecule has 0 amide bonds. The van der Waals surface area contributed by atoms with Gasteiger partial charge in [-0.3, -0.25) is 4.98 Å². The third kappa shape index (κ3) is 4.84. The number of thiocarbonyl (C=S) groups is 1. The standard InChI is InChI=1S/C15H16N4S2/c1-19(18-14(16)13-9-5-6-10-17-13)15(20)21-11-12-7-3-2-4-8-12/h2-10H,11H2,1H3,(H2,16,18). The number of hydrogen-bond donors (Lipinski definition) is 1. The highest BCUT2D eigenvalue weighted by molar-refractivity contribution is 8.22. The first-order chi connectivity index (χ1) is 10.2. The largest absolute Gasteiger partial charge is 0.380 e. The normalized spacial score (nSPS) is 11.2. The van der Waals surface area contributed by atoms with Crippen molar-refractivity contribution in [3.8, 4) is 0 Å². The highest BCUT2D eigenvalue weighted by Gasteiger charge is 2.06. The van der Waals surface area contributed by atoms with E-state index in [1.165, 1.54) is 5.56 Å². The van der Waals surface area contributed by atoms with Gasteiger partial charge in [-0.1, -0.05) is 60.4 Å². The zero-order valence-corrected chi connectivity index (χ0v) is 13.3. The lowest BCUT2D eigenvalue weighted by atomic mass is 10.2. The number of aromatic nitrogens is 1. The molecule has 0 unspecified atom stereocenters. The lowest BCUT2D eigenvalue weighted by Gasteiger charge is -2.14. The summed E-state index contributed by atoms with van der Waals surface area (Å²) >= 11 is 6.90. The van der Waals surface area contributed by atoms with E-state index in [-0.39, 0.29) is 0 Å². The summed E-state index contributed by atoms with van der Waals surface area (Å²) < 4.78 is 0.665. The van der Waals surface area contributed by atoms with E-state index < -0.39 is 0 Å². The van der Waals surface area contributed by atoms with Crippen LogP contribution in [0.25, 0.3) is 0 Å². The zero-order valence-electron chi connectivity index (χ0n) is 11.6. The van der Waals surface area contributed by atoms with Gasteiger partial charge in [-0.25, -0.2) is 5.01 Å². The van der Waals surface area contributed by atoms with Gasteiger partial charge in [-0.05, 0) is 17.7 Å². The Morgan fingerprint density at radius 3 is 2.62 bits per heavy atom. The number of hydrogen-bond acceptors (Lipinski definition) is 4. The number of thioether (sulfide) groups is 1. The van der Waals surface area contributed by atoms with Gasteiger partial charge < -0.3 is 5.73 Å². The van der Waals surface area contributed by atoms with Crippen LogP contribution in [0.2, 0.25) is 0 Å². The van der Waals surface area contributed by atoms with Crippen LogP contribution in [-0.2, 0) is 5.75 Å². The molecular formula is C15H16N4S2. The Morgan fingerprint density at radius 1 is 1.24 bits per heavy atom. The molecule has 0 aliphatic carbocycles. The van der Waals surface area contributed by atoms with Crippen LogP contribution in [0.1, 0.15) is 11.3 Å².